The lowest BCUT2D eigenvalue weighted by Crippen LogP contribution is -2.45. The second kappa shape index (κ2) is 12.5. The first-order valence-corrected chi connectivity index (χ1v) is 14.3. The van der Waals surface area contributed by atoms with Gasteiger partial charge >= 0.3 is 6.18 Å². The molecule has 214 valence electrons. The van der Waals surface area contributed by atoms with E-state index in [2.05, 4.69) is 9.82 Å². The topological polar surface area (TPSA) is 97.8 Å². The first kappa shape index (κ1) is 29.8. The average molecular weight is 598 g/mol. The van der Waals surface area contributed by atoms with Gasteiger partial charge in [-0.25, -0.2) is 18.4 Å². The summed E-state index contributed by atoms with van der Waals surface area (Å²) in [6.07, 6.45) is -0.871. The lowest BCUT2D eigenvalue weighted by Gasteiger charge is -2.25. The predicted molar refractivity (Wildman–Crippen MR) is 142 cm³/mol. The highest BCUT2D eigenvalue weighted by Crippen LogP contribution is 2.35. The van der Waals surface area contributed by atoms with Gasteiger partial charge in [0.2, 0.25) is 5.88 Å². The number of rotatable bonds is 11. The summed E-state index contributed by atoms with van der Waals surface area (Å²) < 4.78 is 75.6. The summed E-state index contributed by atoms with van der Waals surface area (Å²) in [6, 6.07) is 13.0. The van der Waals surface area contributed by atoms with Crippen LogP contribution in [0.2, 0.25) is 5.02 Å². The van der Waals surface area contributed by atoms with Crippen LogP contribution in [0.15, 0.2) is 65.7 Å². The number of hydrazine groups is 1. The first-order chi connectivity index (χ1) is 18.9. The number of sulfonamides is 1. The van der Waals surface area contributed by atoms with E-state index in [-0.39, 0.29) is 33.4 Å². The highest BCUT2D eigenvalue weighted by atomic mass is 35.5. The molecule has 2 heterocycles. The van der Waals surface area contributed by atoms with Crippen LogP contribution >= 0.6 is 11.6 Å². The Labute approximate surface area is 235 Å². The quantitative estimate of drug-likeness (QED) is 0.206. The van der Waals surface area contributed by atoms with Gasteiger partial charge in [-0.05, 0) is 87.2 Å². The molecule has 0 bridgehead atoms. The van der Waals surface area contributed by atoms with Crippen LogP contribution in [0, 0.1) is 0 Å². The lowest BCUT2D eigenvalue weighted by atomic mass is 10.1. The van der Waals surface area contributed by atoms with Gasteiger partial charge in [-0.15, -0.1) is 4.83 Å². The Morgan fingerprint density at radius 3 is 2.42 bits per heavy atom. The number of halogens is 4. The zero-order valence-electron chi connectivity index (χ0n) is 21.4. The number of alkyl halides is 3. The van der Waals surface area contributed by atoms with Gasteiger partial charge in [-0.3, -0.25) is 4.79 Å². The van der Waals surface area contributed by atoms with E-state index in [1.165, 1.54) is 31.2 Å². The molecule has 0 amide bonds. The number of aromatic nitrogens is 1. The van der Waals surface area contributed by atoms with Gasteiger partial charge in [0.05, 0.1) is 17.1 Å². The van der Waals surface area contributed by atoms with Gasteiger partial charge in [0.15, 0.2) is 5.78 Å². The zero-order chi connectivity index (χ0) is 28.9. The van der Waals surface area contributed by atoms with Crippen molar-refractivity contribution in [3.05, 3.63) is 76.9 Å². The average Bonchev–Trinajstić information content (AvgIpc) is 3.33. The van der Waals surface area contributed by atoms with E-state index in [9.17, 15) is 26.4 Å². The lowest BCUT2D eigenvalue weighted by molar-refractivity contribution is -0.137. The molecule has 13 heteroatoms. The molecule has 1 N–H and O–H groups in total. The Bertz CT molecular complexity index is 1440. The van der Waals surface area contributed by atoms with Gasteiger partial charge in [-0.2, -0.15) is 13.2 Å². The number of hydrogen-bond acceptors (Lipinski definition) is 7. The molecule has 1 aliphatic rings. The molecule has 1 aliphatic heterocycles. The summed E-state index contributed by atoms with van der Waals surface area (Å²) in [7, 11) is -3.89. The van der Waals surface area contributed by atoms with E-state index in [0.29, 0.717) is 43.1 Å². The smallest absolute Gasteiger partial charge is 0.417 e. The molecular weight excluding hydrogens is 571 g/mol. The minimum absolute atomic E-state index is 0.00526. The number of hydrogen-bond donors (Lipinski definition) is 1. The van der Waals surface area contributed by atoms with Gasteiger partial charge in [0.25, 0.3) is 10.0 Å². The molecule has 8 nitrogen and oxygen atoms in total. The van der Waals surface area contributed by atoms with Gasteiger partial charge in [0.1, 0.15) is 16.5 Å². The van der Waals surface area contributed by atoms with Crippen molar-refractivity contribution in [3.8, 4) is 17.4 Å². The third-order valence-corrected chi connectivity index (χ3v) is 7.95. The Morgan fingerprint density at radius 2 is 1.80 bits per heavy atom. The van der Waals surface area contributed by atoms with Gasteiger partial charge in [-0.1, -0.05) is 11.6 Å². The normalized spacial score (nSPS) is 16.2. The molecule has 1 atom stereocenters. The number of carbonyl (C=O) groups is 1. The van der Waals surface area contributed by atoms with Crippen LogP contribution in [0.5, 0.6) is 17.4 Å². The molecular formula is C27H27ClF3N3O5S. The second-order valence-electron chi connectivity index (χ2n) is 9.24. The summed E-state index contributed by atoms with van der Waals surface area (Å²) in [5.74, 6) is 0.571. The number of benzene rings is 2. The molecule has 0 saturated carbocycles. The van der Waals surface area contributed by atoms with Gasteiger partial charge in [0, 0.05) is 24.3 Å². The summed E-state index contributed by atoms with van der Waals surface area (Å²) >= 11 is 5.87. The van der Waals surface area contributed by atoms with Crippen LogP contribution in [0.25, 0.3) is 0 Å². The molecule has 0 spiro atoms. The standard InChI is InChI=1S/C27H27ClF3N3O5S/c1-18(35)19-6-8-22(9-7-19)38-15-3-5-21-4-2-14-34(21)33-40(36,37)24-12-10-23(11-13-24)39-26-25(28)16-20(17-32-26)27(29,30)31/h6-13,16-17,21,33H,2-5,14-15H2,1H3/t21-/m1/s1. The second-order valence-corrected chi connectivity index (χ2v) is 11.3. The van der Waals surface area contributed by atoms with E-state index in [1.807, 2.05) is 0 Å². The summed E-state index contributed by atoms with van der Waals surface area (Å²) in [4.78, 5) is 17.6. The van der Waals surface area contributed by atoms with Crippen molar-refractivity contribution in [3.63, 3.8) is 0 Å². The monoisotopic (exact) mass is 597 g/mol. The first-order valence-electron chi connectivity index (χ1n) is 12.5. The van der Waals surface area contributed by atoms with Crippen LogP contribution in [0.1, 0.15) is 48.5 Å². The molecule has 40 heavy (non-hydrogen) atoms. The maximum absolute atomic E-state index is 13.0. The molecule has 0 aliphatic carbocycles. The van der Waals surface area contributed by atoms with Crippen LogP contribution < -0.4 is 14.3 Å². The minimum Gasteiger partial charge on any atom is -0.494 e. The highest BCUT2D eigenvalue weighted by molar-refractivity contribution is 7.89. The number of nitrogens with one attached hydrogen (secondary N) is 1. The number of pyridine rings is 1. The van der Waals surface area contributed by atoms with E-state index < -0.39 is 21.8 Å². The molecule has 1 saturated heterocycles. The molecule has 4 rings (SSSR count). The fraction of sp³-hybridized carbons (Fsp3) is 0.333. The van der Waals surface area contributed by atoms with Gasteiger partial charge < -0.3 is 9.47 Å². The summed E-state index contributed by atoms with van der Waals surface area (Å²) in [5.41, 5.74) is -0.394. The third-order valence-electron chi connectivity index (χ3n) is 6.31. The number of ether oxygens (including phenoxy) is 2. The summed E-state index contributed by atoms with van der Waals surface area (Å²) in [6.45, 7) is 2.52. The van der Waals surface area contributed by atoms with E-state index in [1.54, 1.807) is 29.3 Å². The zero-order valence-corrected chi connectivity index (χ0v) is 23.0. The minimum atomic E-state index is -4.59. The van der Waals surface area contributed by atoms with Crippen LogP contribution in [0.3, 0.4) is 0 Å². The molecule has 3 aromatic rings. The Morgan fingerprint density at radius 1 is 1.12 bits per heavy atom. The fourth-order valence-corrected chi connectivity index (χ4v) is 5.57. The van der Waals surface area contributed by atoms with Crippen molar-refractivity contribution in [2.24, 2.45) is 0 Å². The number of carbonyl (C=O) groups excluding carboxylic acids is 1. The van der Waals surface area contributed by atoms with E-state index in [0.717, 1.165) is 19.3 Å². The molecule has 1 fully saturated rings. The Kier molecular flexibility index (Phi) is 9.34. The largest absolute Gasteiger partial charge is 0.494 e. The summed E-state index contributed by atoms with van der Waals surface area (Å²) in [5, 5.41) is 1.39. The van der Waals surface area contributed by atoms with Crippen LogP contribution in [-0.2, 0) is 16.2 Å². The van der Waals surface area contributed by atoms with Crippen LogP contribution in [0.4, 0.5) is 13.2 Å². The molecule has 0 unspecified atom stereocenters. The molecule has 1 aromatic heterocycles. The van der Waals surface area contributed by atoms with Crippen molar-refractivity contribution in [2.45, 2.75) is 49.7 Å². The Balaban J connectivity index is 1.29. The highest BCUT2D eigenvalue weighted by Gasteiger charge is 2.32. The SMILES string of the molecule is CC(=O)c1ccc(OCCC[C@H]2CCCN2NS(=O)(=O)c2ccc(Oc3ncc(C(F)(F)F)cc3Cl)cc2)cc1. The van der Waals surface area contributed by atoms with E-state index >= 15 is 0 Å². The maximum atomic E-state index is 13.0. The van der Waals surface area contributed by atoms with Crippen molar-refractivity contribution < 1.29 is 35.9 Å². The third kappa shape index (κ3) is 7.72. The number of ketones is 1. The molecule has 2 aromatic carbocycles. The van der Waals surface area contributed by atoms with Crippen molar-refractivity contribution in [2.75, 3.05) is 13.2 Å². The predicted octanol–water partition coefficient (Wildman–Crippen LogP) is 6.27. The van der Waals surface area contributed by atoms with E-state index in [4.69, 9.17) is 21.1 Å². The van der Waals surface area contributed by atoms with Crippen molar-refractivity contribution in [1.29, 1.82) is 0 Å². The fourth-order valence-electron chi connectivity index (χ4n) is 4.21. The van der Waals surface area contributed by atoms with Crippen molar-refractivity contribution >= 4 is 27.4 Å². The number of Topliss-reactive ketones (excluding diaryl/α,β-unsaturated/α-hetero) is 1. The Hall–Kier alpha value is -3.19. The number of nitrogens with zero attached hydrogens (tertiary/aromatic N) is 2. The molecule has 0 radical (unpaired) electrons. The van der Waals surface area contributed by atoms with Crippen LogP contribution in [-0.4, -0.2) is 43.4 Å². The van der Waals surface area contributed by atoms with Crippen molar-refractivity contribution in [1.82, 2.24) is 14.8 Å². The maximum Gasteiger partial charge on any atom is 0.417 e.